The lowest BCUT2D eigenvalue weighted by Crippen LogP contribution is -2.18. The number of carbonyl (C=O) groups excluding carboxylic acids is 1. The molecule has 1 aliphatic carbocycles. The van der Waals surface area contributed by atoms with Crippen LogP contribution in [0.5, 0.6) is 0 Å². The molecule has 6 nitrogen and oxygen atoms in total. The summed E-state index contributed by atoms with van der Waals surface area (Å²) in [6.45, 7) is 0. The van der Waals surface area contributed by atoms with Crippen molar-refractivity contribution in [3.05, 3.63) is 64.0 Å². The van der Waals surface area contributed by atoms with E-state index < -0.39 is 0 Å². The van der Waals surface area contributed by atoms with E-state index >= 15 is 0 Å². The molecule has 0 N–H and O–H groups in total. The standard InChI is InChI=1S/C22H23N3O3S/c1-27-21(26)17-11-9-16(10-12-17)14-23-25-19(20-8-5-13-28-20)15-29-22(25)24-18-6-3-2-4-7-18/h5,8-15,18H,2-4,6-7H2,1H3/b23-14+,24-22?. The largest absolute Gasteiger partial charge is 0.465 e. The first-order chi connectivity index (χ1) is 14.2. The molecule has 2 heterocycles. The van der Waals surface area contributed by atoms with E-state index in [1.165, 1.54) is 26.4 Å². The summed E-state index contributed by atoms with van der Waals surface area (Å²) in [7, 11) is 1.37. The molecule has 1 aromatic carbocycles. The Balaban J connectivity index is 1.67. The van der Waals surface area contributed by atoms with Gasteiger partial charge in [0.1, 0.15) is 5.69 Å². The number of benzene rings is 1. The molecule has 150 valence electrons. The van der Waals surface area contributed by atoms with Crippen LogP contribution < -0.4 is 4.80 Å². The number of carbonyl (C=O) groups is 1. The topological polar surface area (TPSA) is 69.1 Å². The van der Waals surface area contributed by atoms with Crippen molar-refractivity contribution in [2.75, 3.05) is 7.11 Å². The Morgan fingerprint density at radius 2 is 2.00 bits per heavy atom. The van der Waals surface area contributed by atoms with Gasteiger partial charge < -0.3 is 9.15 Å². The first kappa shape index (κ1) is 19.4. The Morgan fingerprint density at radius 1 is 1.21 bits per heavy atom. The van der Waals surface area contributed by atoms with Gasteiger partial charge in [-0.05, 0) is 42.7 Å². The maximum absolute atomic E-state index is 11.6. The van der Waals surface area contributed by atoms with E-state index in [1.54, 1.807) is 35.9 Å². The molecule has 4 rings (SSSR count). The van der Waals surface area contributed by atoms with Crippen LogP contribution in [-0.2, 0) is 4.74 Å². The van der Waals surface area contributed by atoms with Gasteiger partial charge in [-0.3, -0.25) is 4.99 Å². The van der Waals surface area contributed by atoms with E-state index in [2.05, 4.69) is 5.10 Å². The second-order valence-corrected chi connectivity index (χ2v) is 7.81. The van der Waals surface area contributed by atoms with Crippen LogP contribution in [0.15, 0.2) is 62.6 Å². The molecule has 29 heavy (non-hydrogen) atoms. The lowest BCUT2D eigenvalue weighted by atomic mass is 9.96. The highest BCUT2D eigenvalue weighted by Crippen LogP contribution is 2.23. The number of methoxy groups -OCH3 is 1. The van der Waals surface area contributed by atoms with Gasteiger partial charge in [-0.2, -0.15) is 5.10 Å². The minimum absolute atomic E-state index is 0.352. The number of aromatic nitrogens is 1. The van der Waals surface area contributed by atoms with Gasteiger partial charge in [0.2, 0.25) is 4.80 Å². The van der Waals surface area contributed by atoms with E-state index in [-0.39, 0.29) is 5.97 Å². The van der Waals surface area contributed by atoms with Crippen molar-refractivity contribution in [1.29, 1.82) is 0 Å². The highest BCUT2D eigenvalue weighted by atomic mass is 32.1. The summed E-state index contributed by atoms with van der Waals surface area (Å²) in [6, 6.07) is 11.3. The Kier molecular flexibility index (Phi) is 6.05. The fraction of sp³-hybridized carbons (Fsp3) is 0.318. The molecule has 0 amide bonds. The fourth-order valence-electron chi connectivity index (χ4n) is 3.41. The average molecular weight is 410 g/mol. The SMILES string of the molecule is COC(=O)c1ccc(/C=N/n2c(-c3ccco3)csc2=NC2CCCCC2)cc1. The van der Waals surface area contributed by atoms with E-state index in [0.717, 1.165) is 34.7 Å². The molecule has 0 radical (unpaired) electrons. The zero-order valence-corrected chi connectivity index (χ0v) is 17.1. The summed E-state index contributed by atoms with van der Waals surface area (Å²) in [4.78, 5) is 17.4. The molecule has 0 aliphatic heterocycles. The Labute approximate surface area is 173 Å². The summed E-state index contributed by atoms with van der Waals surface area (Å²) in [5.74, 6) is 0.402. The molecular formula is C22H23N3O3S. The second kappa shape index (κ2) is 9.05. The molecule has 1 fully saturated rings. The van der Waals surface area contributed by atoms with Gasteiger partial charge in [0, 0.05) is 5.38 Å². The lowest BCUT2D eigenvalue weighted by molar-refractivity contribution is 0.0600. The van der Waals surface area contributed by atoms with Gasteiger partial charge >= 0.3 is 5.97 Å². The van der Waals surface area contributed by atoms with Crippen LogP contribution in [0.1, 0.15) is 48.0 Å². The fourth-order valence-corrected chi connectivity index (χ4v) is 4.30. The van der Waals surface area contributed by atoms with Crippen molar-refractivity contribution in [3.8, 4) is 11.5 Å². The molecule has 0 spiro atoms. The molecule has 1 aliphatic rings. The summed E-state index contributed by atoms with van der Waals surface area (Å²) in [5, 5.41) is 6.71. The van der Waals surface area contributed by atoms with Crippen LogP contribution in [0, 0.1) is 0 Å². The second-order valence-electron chi connectivity index (χ2n) is 6.97. The van der Waals surface area contributed by atoms with Gasteiger partial charge in [-0.15, -0.1) is 11.3 Å². The smallest absolute Gasteiger partial charge is 0.337 e. The first-order valence-corrected chi connectivity index (χ1v) is 10.6. The van der Waals surface area contributed by atoms with Gasteiger partial charge in [-0.25, -0.2) is 9.47 Å². The quantitative estimate of drug-likeness (QED) is 0.453. The van der Waals surface area contributed by atoms with Crippen molar-refractivity contribution in [2.24, 2.45) is 10.1 Å². The summed E-state index contributed by atoms with van der Waals surface area (Å²) < 4.78 is 12.2. The highest BCUT2D eigenvalue weighted by Gasteiger charge is 2.14. The van der Waals surface area contributed by atoms with E-state index in [9.17, 15) is 4.79 Å². The first-order valence-electron chi connectivity index (χ1n) is 9.75. The van der Waals surface area contributed by atoms with Crippen molar-refractivity contribution < 1.29 is 13.9 Å². The Bertz CT molecular complexity index is 1040. The molecule has 0 saturated heterocycles. The van der Waals surface area contributed by atoms with Crippen LogP contribution >= 0.6 is 11.3 Å². The number of nitrogens with zero attached hydrogens (tertiary/aromatic N) is 3. The predicted octanol–water partition coefficient (Wildman–Crippen LogP) is 4.71. The maximum Gasteiger partial charge on any atom is 0.337 e. The molecule has 0 bridgehead atoms. The van der Waals surface area contributed by atoms with Crippen LogP contribution in [-0.4, -0.2) is 30.0 Å². The maximum atomic E-state index is 11.6. The van der Waals surface area contributed by atoms with Crippen molar-refractivity contribution >= 4 is 23.5 Å². The molecular weight excluding hydrogens is 386 g/mol. The van der Waals surface area contributed by atoms with Crippen LogP contribution in [0.4, 0.5) is 0 Å². The minimum atomic E-state index is -0.352. The molecule has 1 saturated carbocycles. The van der Waals surface area contributed by atoms with E-state index in [4.69, 9.17) is 14.1 Å². The number of esters is 1. The summed E-state index contributed by atoms with van der Waals surface area (Å²) >= 11 is 1.57. The van der Waals surface area contributed by atoms with Gasteiger partial charge in [-0.1, -0.05) is 31.4 Å². The zero-order valence-electron chi connectivity index (χ0n) is 16.3. The van der Waals surface area contributed by atoms with Crippen LogP contribution in [0.2, 0.25) is 0 Å². The van der Waals surface area contributed by atoms with Crippen LogP contribution in [0.25, 0.3) is 11.5 Å². The van der Waals surface area contributed by atoms with Gasteiger partial charge in [0.15, 0.2) is 5.76 Å². The average Bonchev–Trinajstić information content (AvgIpc) is 3.43. The number of furan rings is 1. The number of rotatable bonds is 5. The third-order valence-corrected chi connectivity index (χ3v) is 5.81. The molecule has 2 aromatic heterocycles. The monoisotopic (exact) mass is 409 g/mol. The van der Waals surface area contributed by atoms with E-state index in [1.807, 2.05) is 34.3 Å². The minimum Gasteiger partial charge on any atom is -0.465 e. The molecule has 7 heteroatoms. The van der Waals surface area contributed by atoms with Crippen molar-refractivity contribution in [1.82, 2.24) is 4.68 Å². The number of hydrogen-bond donors (Lipinski definition) is 0. The Hall–Kier alpha value is -2.93. The normalized spacial score (nSPS) is 15.8. The van der Waals surface area contributed by atoms with Crippen LogP contribution in [0.3, 0.4) is 0 Å². The molecule has 3 aromatic rings. The molecule has 0 atom stereocenters. The van der Waals surface area contributed by atoms with Gasteiger partial charge in [0.05, 0.1) is 31.2 Å². The zero-order chi connectivity index (χ0) is 20.1. The molecule has 0 unspecified atom stereocenters. The number of ether oxygens (including phenoxy) is 1. The van der Waals surface area contributed by atoms with Gasteiger partial charge in [0.25, 0.3) is 0 Å². The number of thiazole rings is 1. The number of hydrogen-bond acceptors (Lipinski definition) is 6. The highest BCUT2D eigenvalue weighted by molar-refractivity contribution is 7.07. The Morgan fingerprint density at radius 3 is 2.69 bits per heavy atom. The lowest BCUT2D eigenvalue weighted by Gasteiger charge is -2.16. The van der Waals surface area contributed by atoms with Crippen molar-refractivity contribution in [3.63, 3.8) is 0 Å². The summed E-state index contributed by atoms with van der Waals surface area (Å²) in [6.07, 6.45) is 9.46. The van der Waals surface area contributed by atoms with Crippen molar-refractivity contribution in [2.45, 2.75) is 38.1 Å². The summed E-state index contributed by atoms with van der Waals surface area (Å²) in [5.41, 5.74) is 2.26. The third-order valence-electron chi connectivity index (χ3n) is 4.98. The van der Waals surface area contributed by atoms with E-state index in [0.29, 0.717) is 11.6 Å². The predicted molar refractivity (Wildman–Crippen MR) is 113 cm³/mol. The third kappa shape index (κ3) is 4.56.